The lowest BCUT2D eigenvalue weighted by Crippen LogP contribution is -2.63. The number of benzene rings is 1. The second-order valence-electron chi connectivity index (χ2n) is 4.76. The second-order valence-corrected chi connectivity index (χ2v) is 6.01. The van der Waals surface area contributed by atoms with E-state index in [0.29, 0.717) is 6.54 Å². The fraction of sp³-hybridized carbons (Fsp3) is 0.538. The van der Waals surface area contributed by atoms with Crippen molar-refractivity contribution in [2.24, 2.45) is 0 Å². The molecule has 0 spiro atoms. The minimum Gasteiger partial charge on any atom is -0.394 e. The molecule has 5 N–H and O–H groups in total. The zero-order valence-electron chi connectivity index (χ0n) is 10.7. The second kappa shape index (κ2) is 7.12. The van der Waals surface area contributed by atoms with Gasteiger partial charge in [0.15, 0.2) is 6.29 Å². The normalized spacial score (nSPS) is 34.1. The average molecular weight is 395 g/mol. The lowest BCUT2D eigenvalue weighted by atomic mass is 9.97. The Morgan fingerprint density at radius 3 is 2.35 bits per heavy atom. The lowest BCUT2D eigenvalue weighted by Gasteiger charge is -2.40. The molecule has 0 radical (unpaired) electrons. The molecule has 6 nitrogen and oxygen atoms in total. The van der Waals surface area contributed by atoms with Crippen molar-refractivity contribution in [3.05, 3.63) is 33.4 Å². The SMILES string of the molecule is OC[C@H]1OC(O)[C@H](NCc2ccc(I)cc2)[C@@H](O)[C@@H]1O. The lowest BCUT2D eigenvalue weighted by molar-refractivity contribution is -0.254. The van der Waals surface area contributed by atoms with Crippen LogP contribution in [0.1, 0.15) is 5.56 Å². The third kappa shape index (κ3) is 3.67. The van der Waals surface area contributed by atoms with Crippen LogP contribution in [0.4, 0.5) is 0 Å². The van der Waals surface area contributed by atoms with E-state index < -0.39 is 37.3 Å². The van der Waals surface area contributed by atoms with E-state index in [1.807, 2.05) is 24.3 Å². The van der Waals surface area contributed by atoms with Crippen LogP contribution < -0.4 is 5.32 Å². The van der Waals surface area contributed by atoms with Gasteiger partial charge in [-0.25, -0.2) is 0 Å². The van der Waals surface area contributed by atoms with Crippen LogP contribution in [-0.2, 0) is 11.3 Å². The van der Waals surface area contributed by atoms with E-state index in [1.54, 1.807) is 0 Å². The van der Waals surface area contributed by atoms with Crippen molar-refractivity contribution in [2.75, 3.05) is 6.61 Å². The van der Waals surface area contributed by atoms with Crippen molar-refractivity contribution in [1.82, 2.24) is 5.32 Å². The van der Waals surface area contributed by atoms with E-state index in [9.17, 15) is 15.3 Å². The Hall–Kier alpha value is -0.290. The molecule has 1 aromatic rings. The van der Waals surface area contributed by atoms with Gasteiger partial charge >= 0.3 is 0 Å². The number of aliphatic hydroxyl groups is 4. The van der Waals surface area contributed by atoms with Gasteiger partial charge in [0.25, 0.3) is 0 Å². The summed E-state index contributed by atoms with van der Waals surface area (Å²) in [4.78, 5) is 0. The molecule has 5 atom stereocenters. The van der Waals surface area contributed by atoms with Crippen molar-refractivity contribution in [1.29, 1.82) is 0 Å². The topological polar surface area (TPSA) is 102 Å². The van der Waals surface area contributed by atoms with Gasteiger partial charge in [0, 0.05) is 10.1 Å². The van der Waals surface area contributed by atoms with E-state index in [-0.39, 0.29) is 0 Å². The standard InChI is InChI=1S/C13H18INO5/c14-8-3-1-7(2-4-8)5-15-10-12(18)11(17)9(6-16)20-13(10)19/h1-4,9-13,15-19H,5-6H2/t9-,10-,11-,12-,13?/m1/s1. The maximum atomic E-state index is 9.97. The molecule has 1 aromatic carbocycles. The minimum atomic E-state index is -1.28. The van der Waals surface area contributed by atoms with E-state index in [4.69, 9.17) is 9.84 Å². The van der Waals surface area contributed by atoms with Crippen LogP contribution in [0.5, 0.6) is 0 Å². The third-order valence-electron chi connectivity index (χ3n) is 3.36. The molecule has 0 aromatic heterocycles. The number of rotatable bonds is 4. The van der Waals surface area contributed by atoms with Gasteiger partial charge < -0.3 is 30.5 Å². The molecular formula is C13H18INO5. The van der Waals surface area contributed by atoms with Gasteiger partial charge in [0.1, 0.15) is 18.3 Å². The first-order valence-corrected chi connectivity index (χ1v) is 7.39. The molecule has 112 valence electrons. The maximum Gasteiger partial charge on any atom is 0.173 e. The highest BCUT2D eigenvalue weighted by Gasteiger charge is 2.43. The molecule has 1 fully saturated rings. The van der Waals surface area contributed by atoms with Crippen LogP contribution in [-0.4, -0.2) is 57.7 Å². The molecule has 20 heavy (non-hydrogen) atoms. The Morgan fingerprint density at radius 2 is 1.75 bits per heavy atom. The first-order valence-electron chi connectivity index (χ1n) is 6.31. The van der Waals surface area contributed by atoms with Gasteiger partial charge in [-0.2, -0.15) is 0 Å². The molecule has 2 rings (SSSR count). The first-order chi connectivity index (χ1) is 9.52. The quantitative estimate of drug-likeness (QED) is 0.427. The molecule has 1 aliphatic rings. The largest absolute Gasteiger partial charge is 0.394 e. The van der Waals surface area contributed by atoms with Crippen molar-refractivity contribution in [3.8, 4) is 0 Å². The molecule has 0 aliphatic carbocycles. The monoisotopic (exact) mass is 395 g/mol. The summed E-state index contributed by atoms with van der Waals surface area (Å²) in [6, 6.07) is 6.97. The summed E-state index contributed by atoms with van der Waals surface area (Å²) in [6.07, 6.45) is -4.71. The maximum absolute atomic E-state index is 9.97. The van der Waals surface area contributed by atoms with Crippen LogP contribution in [0.15, 0.2) is 24.3 Å². The summed E-state index contributed by atoms with van der Waals surface area (Å²) >= 11 is 2.21. The van der Waals surface area contributed by atoms with Crippen molar-refractivity contribution >= 4 is 22.6 Å². The zero-order chi connectivity index (χ0) is 14.7. The van der Waals surface area contributed by atoms with Crippen LogP contribution in [0, 0.1) is 3.57 Å². The smallest absolute Gasteiger partial charge is 0.173 e. The van der Waals surface area contributed by atoms with Gasteiger partial charge in [-0.05, 0) is 40.3 Å². The summed E-state index contributed by atoms with van der Waals surface area (Å²) in [5.74, 6) is 0. The van der Waals surface area contributed by atoms with E-state index >= 15 is 0 Å². The Kier molecular flexibility index (Phi) is 5.73. The van der Waals surface area contributed by atoms with Gasteiger partial charge in [-0.3, -0.25) is 0 Å². The number of halogens is 1. The number of ether oxygens (including phenoxy) is 1. The van der Waals surface area contributed by atoms with Crippen LogP contribution in [0.3, 0.4) is 0 Å². The zero-order valence-corrected chi connectivity index (χ0v) is 12.8. The van der Waals surface area contributed by atoms with Gasteiger partial charge in [-0.1, -0.05) is 12.1 Å². The fourth-order valence-corrected chi connectivity index (χ4v) is 2.52. The fourth-order valence-electron chi connectivity index (χ4n) is 2.16. The summed E-state index contributed by atoms with van der Waals surface area (Å²) in [7, 11) is 0. The summed E-state index contributed by atoms with van der Waals surface area (Å²) in [5, 5.41) is 41.5. The molecule has 7 heteroatoms. The molecule has 0 amide bonds. The Balaban J connectivity index is 1.96. The Morgan fingerprint density at radius 1 is 1.10 bits per heavy atom. The van der Waals surface area contributed by atoms with Crippen molar-refractivity contribution < 1.29 is 25.2 Å². The predicted octanol–water partition coefficient (Wildman–Crippen LogP) is -0.819. The molecule has 1 heterocycles. The number of hydrogen-bond acceptors (Lipinski definition) is 6. The predicted molar refractivity (Wildman–Crippen MR) is 79.8 cm³/mol. The van der Waals surface area contributed by atoms with E-state index in [1.165, 1.54) is 0 Å². The van der Waals surface area contributed by atoms with E-state index in [0.717, 1.165) is 9.13 Å². The molecule has 1 unspecified atom stereocenters. The van der Waals surface area contributed by atoms with Crippen LogP contribution in [0.25, 0.3) is 0 Å². The molecule has 1 aliphatic heterocycles. The summed E-state index contributed by atoms with van der Waals surface area (Å²) in [6.45, 7) is -0.0330. The van der Waals surface area contributed by atoms with Crippen molar-refractivity contribution in [2.45, 2.75) is 37.2 Å². The van der Waals surface area contributed by atoms with Crippen LogP contribution >= 0.6 is 22.6 Å². The molecular weight excluding hydrogens is 377 g/mol. The minimum absolute atomic E-state index is 0.426. The van der Waals surface area contributed by atoms with Crippen LogP contribution in [0.2, 0.25) is 0 Å². The summed E-state index contributed by atoms with van der Waals surface area (Å²) < 4.78 is 6.19. The third-order valence-corrected chi connectivity index (χ3v) is 4.07. The summed E-state index contributed by atoms with van der Waals surface area (Å²) in [5.41, 5.74) is 0.989. The van der Waals surface area contributed by atoms with E-state index in [2.05, 4.69) is 27.9 Å². The van der Waals surface area contributed by atoms with Gasteiger partial charge in [0.05, 0.1) is 12.6 Å². The molecule has 0 saturated carbocycles. The first kappa shape index (κ1) is 16.1. The highest BCUT2D eigenvalue weighted by Crippen LogP contribution is 2.20. The number of hydrogen-bond donors (Lipinski definition) is 5. The Labute approximate surface area is 130 Å². The van der Waals surface area contributed by atoms with Crippen molar-refractivity contribution in [3.63, 3.8) is 0 Å². The number of aliphatic hydroxyl groups excluding tert-OH is 4. The van der Waals surface area contributed by atoms with Gasteiger partial charge in [0.2, 0.25) is 0 Å². The highest BCUT2D eigenvalue weighted by atomic mass is 127. The number of nitrogens with one attached hydrogen (secondary N) is 1. The molecule has 0 bridgehead atoms. The molecule has 1 saturated heterocycles. The average Bonchev–Trinajstić information content (AvgIpc) is 2.44. The Bertz CT molecular complexity index is 429. The highest BCUT2D eigenvalue weighted by molar-refractivity contribution is 14.1. The van der Waals surface area contributed by atoms with Gasteiger partial charge in [-0.15, -0.1) is 0 Å².